The molecule has 0 aromatic carbocycles. The summed E-state index contributed by atoms with van der Waals surface area (Å²) in [6.07, 6.45) is 0.524. The fourth-order valence-electron chi connectivity index (χ4n) is 1.10. The minimum absolute atomic E-state index is 0.108. The maximum atomic E-state index is 12.7. The van der Waals surface area contributed by atoms with Gasteiger partial charge in [0.1, 0.15) is 0 Å². The standard InChI is InChI=1S/C11H15F3O7S/c1-8(12)10(16)20-6-4-2-3-5-9(15)21-7-11(13,14)22(17,18)19/h1-7H2,(H,17,18,19)/p-1. The van der Waals surface area contributed by atoms with Gasteiger partial charge in [-0.1, -0.05) is 6.58 Å². The van der Waals surface area contributed by atoms with Gasteiger partial charge in [0.05, 0.1) is 6.61 Å². The molecule has 0 aliphatic rings. The number of rotatable bonds is 10. The van der Waals surface area contributed by atoms with Gasteiger partial charge in [0.25, 0.3) is 0 Å². The molecule has 0 rings (SSSR count). The lowest BCUT2D eigenvalue weighted by atomic mass is 10.2. The van der Waals surface area contributed by atoms with Crippen molar-refractivity contribution in [3.8, 4) is 0 Å². The van der Waals surface area contributed by atoms with Crippen LogP contribution in [-0.2, 0) is 29.2 Å². The second-order valence-electron chi connectivity index (χ2n) is 4.10. The summed E-state index contributed by atoms with van der Waals surface area (Å²) in [5, 5.41) is -4.67. The van der Waals surface area contributed by atoms with Gasteiger partial charge >= 0.3 is 17.2 Å². The van der Waals surface area contributed by atoms with Crippen molar-refractivity contribution in [1.29, 1.82) is 0 Å². The quantitative estimate of drug-likeness (QED) is 0.253. The molecule has 0 fully saturated rings. The molecule has 7 nitrogen and oxygen atoms in total. The summed E-state index contributed by atoms with van der Waals surface area (Å²) in [6.45, 7) is 0.775. The smallest absolute Gasteiger partial charge is 0.367 e. The molecule has 0 saturated heterocycles. The highest BCUT2D eigenvalue weighted by atomic mass is 32.2. The maximum Gasteiger partial charge on any atom is 0.367 e. The fourth-order valence-corrected chi connectivity index (χ4v) is 1.30. The fraction of sp³-hybridized carbons (Fsp3) is 0.636. The van der Waals surface area contributed by atoms with E-state index in [2.05, 4.69) is 16.1 Å². The lowest BCUT2D eigenvalue weighted by Crippen LogP contribution is -2.34. The van der Waals surface area contributed by atoms with Crippen molar-refractivity contribution in [3.63, 3.8) is 0 Å². The van der Waals surface area contributed by atoms with Crippen molar-refractivity contribution in [3.05, 3.63) is 12.4 Å². The summed E-state index contributed by atoms with van der Waals surface area (Å²) in [7, 11) is -5.89. The Balaban J connectivity index is 3.80. The lowest BCUT2D eigenvalue weighted by Gasteiger charge is -2.19. The summed E-state index contributed by atoms with van der Waals surface area (Å²) in [6, 6.07) is 0. The Morgan fingerprint density at radius 2 is 1.73 bits per heavy atom. The van der Waals surface area contributed by atoms with Gasteiger partial charge in [-0.3, -0.25) is 4.79 Å². The number of carbonyl (C=O) groups excluding carboxylic acids is 2. The number of ether oxygens (including phenoxy) is 2. The molecule has 0 aliphatic carbocycles. The van der Waals surface area contributed by atoms with Gasteiger partial charge in [-0.2, -0.15) is 13.2 Å². The van der Waals surface area contributed by atoms with Crippen LogP contribution in [0, 0.1) is 0 Å². The van der Waals surface area contributed by atoms with E-state index in [-0.39, 0.29) is 25.9 Å². The van der Waals surface area contributed by atoms with Gasteiger partial charge in [-0.25, -0.2) is 13.2 Å². The first-order chi connectivity index (χ1) is 9.97. The first-order valence-electron chi connectivity index (χ1n) is 5.98. The normalized spacial score (nSPS) is 11.8. The highest BCUT2D eigenvalue weighted by Gasteiger charge is 2.39. The van der Waals surface area contributed by atoms with Crippen LogP contribution in [0.1, 0.15) is 25.7 Å². The molecular formula is C11H14F3O7S-. The second-order valence-corrected chi connectivity index (χ2v) is 5.61. The van der Waals surface area contributed by atoms with E-state index in [9.17, 15) is 35.7 Å². The van der Waals surface area contributed by atoms with Crippen LogP contribution < -0.4 is 0 Å². The molecule has 0 aliphatic heterocycles. The zero-order chi connectivity index (χ0) is 17.4. The third kappa shape index (κ3) is 7.98. The SMILES string of the molecule is C=C(F)C(=O)OCCCCCC(=O)OCC(F)(F)S(=O)(=O)[O-]. The van der Waals surface area contributed by atoms with Crippen LogP contribution in [-0.4, -0.2) is 43.4 Å². The van der Waals surface area contributed by atoms with Crippen LogP contribution >= 0.6 is 0 Å². The predicted molar refractivity (Wildman–Crippen MR) is 65.3 cm³/mol. The molecule has 0 spiro atoms. The molecule has 0 aromatic rings. The van der Waals surface area contributed by atoms with E-state index in [4.69, 9.17) is 0 Å². The summed E-state index contributed by atoms with van der Waals surface area (Å²) in [5.74, 6) is -3.53. The molecule has 0 bridgehead atoms. The lowest BCUT2D eigenvalue weighted by molar-refractivity contribution is -0.150. The minimum Gasteiger partial charge on any atom is -0.743 e. The van der Waals surface area contributed by atoms with Crippen molar-refractivity contribution < 1.29 is 45.2 Å². The number of unbranched alkanes of at least 4 members (excludes halogenated alkanes) is 2. The van der Waals surface area contributed by atoms with Crippen molar-refractivity contribution in [1.82, 2.24) is 0 Å². The maximum absolute atomic E-state index is 12.7. The van der Waals surface area contributed by atoms with Gasteiger partial charge in [0, 0.05) is 6.42 Å². The molecule has 11 heteroatoms. The number of esters is 2. The molecule has 0 radical (unpaired) electrons. The Kier molecular flexibility index (Phi) is 8.09. The molecule has 0 heterocycles. The Labute approximate surface area is 124 Å². The van der Waals surface area contributed by atoms with Gasteiger partial charge in [-0.15, -0.1) is 0 Å². The zero-order valence-electron chi connectivity index (χ0n) is 11.3. The predicted octanol–water partition coefficient (Wildman–Crippen LogP) is 1.25. The van der Waals surface area contributed by atoms with Crippen molar-refractivity contribution in [2.75, 3.05) is 13.2 Å². The summed E-state index contributed by atoms with van der Waals surface area (Å²) in [4.78, 5) is 21.7. The third-order valence-electron chi connectivity index (χ3n) is 2.25. The van der Waals surface area contributed by atoms with E-state index in [1.165, 1.54) is 0 Å². The molecule has 0 saturated carbocycles. The highest BCUT2D eigenvalue weighted by molar-refractivity contribution is 7.86. The number of carbonyl (C=O) groups is 2. The molecular weight excluding hydrogens is 333 g/mol. The highest BCUT2D eigenvalue weighted by Crippen LogP contribution is 2.20. The number of alkyl halides is 2. The molecule has 0 atom stereocenters. The van der Waals surface area contributed by atoms with E-state index >= 15 is 0 Å². The average Bonchev–Trinajstić information content (AvgIpc) is 2.38. The van der Waals surface area contributed by atoms with Crippen molar-refractivity contribution >= 4 is 22.1 Å². The minimum atomic E-state index is -5.89. The van der Waals surface area contributed by atoms with E-state index < -0.39 is 39.7 Å². The molecule has 128 valence electrons. The Hall–Kier alpha value is -1.62. The summed E-state index contributed by atoms with van der Waals surface area (Å²) in [5.41, 5.74) is 0. The number of halogens is 3. The monoisotopic (exact) mass is 347 g/mol. The zero-order valence-corrected chi connectivity index (χ0v) is 12.2. The second kappa shape index (κ2) is 8.73. The van der Waals surface area contributed by atoms with E-state index in [0.717, 1.165) is 0 Å². The van der Waals surface area contributed by atoms with Gasteiger partial charge in [0.2, 0.25) is 5.83 Å². The Morgan fingerprint density at radius 1 is 1.14 bits per heavy atom. The first kappa shape index (κ1) is 20.4. The topological polar surface area (TPSA) is 110 Å². The number of hydrogen-bond acceptors (Lipinski definition) is 7. The molecule has 0 amide bonds. The van der Waals surface area contributed by atoms with E-state index in [0.29, 0.717) is 6.42 Å². The van der Waals surface area contributed by atoms with Crippen molar-refractivity contribution in [2.24, 2.45) is 0 Å². The van der Waals surface area contributed by atoms with Gasteiger partial charge < -0.3 is 14.0 Å². The average molecular weight is 347 g/mol. The van der Waals surface area contributed by atoms with Crippen LogP contribution in [0.4, 0.5) is 13.2 Å². The third-order valence-corrected chi connectivity index (χ3v) is 3.10. The van der Waals surface area contributed by atoms with E-state index in [1.54, 1.807) is 0 Å². The van der Waals surface area contributed by atoms with Crippen LogP contribution in [0.25, 0.3) is 0 Å². The van der Waals surface area contributed by atoms with Crippen LogP contribution in [0.5, 0.6) is 0 Å². The van der Waals surface area contributed by atoms with Gasteiger partial charge in [-0.05, 0) is 19.3 Å². The summed E-state index contributed by atoms with van der Waals surface area (Å²) >= 11 is 0. The summed E-state index contributed by atoms with van der Waals surface area (Å²) < 4.78 is 76.3. The van der Waals surface area contributed by atoms with Crippen molar-refractivity contribution in [2.45, 2.75) is 30.9 Å². The molecule has 0 unspecified atom stereocenters. The molecule has 0 aromatic heterocycles. The van der Waals surface area contributed by atoms with Gasteiger partial charge in [0.15, 0.2) is 16.7 Å². The van der Waals surface area contributed by atoms with E-state index in [1.807, 2.05) is 0 Å². The number of hydrogen-bond donors (Lipinski definition) is 0. The van der Waals surface area contributed by atoms with Crippen LogP contribution in [0.2, 0.25) is 0 Å². The Bertz CT molecular complexity index is 516. The largest absolute Gasteiger partial charge is 0.743 e. The van der Waals surface area contributed by atoms with Crippen LogP contribution in [0.15, 0.2) is 12.4 Å². The molecule has 22 heavy (non-hydrogen) atoms. The van der Waals surface area contributed by atoms with Crippen LogP contribution in [0.3, 0.4) is 0 Å². The molecule has 0 N–H and O–H groups in total. The first-order valence-corrected chi connectivity index (χ1v) is 7.38. The Morgan fingerprint density at radius 3 is 2.23 bits per heavy atom.